The number of pyridine rings is 1. The van der Waals surface area contributed by atoms with Gasteiger partial charge in [0.1, 0.15) is 0 Å². The highest BCUT2D eigenvalue weighted by molar-refractivity contribution is 5.07. The lowest BCUT2D eigenvalue weighted by molar-refractivity contribution is 0.304. The summed E-state index contributed by atoms with van der Waals surface area (Å²) in [7, 11) is 0. The van der Waals surface area contributed by atoms with E-state index in [9.17, 15) is 0 Å². The Morgan fingerprint density at radius 3 is 2.94 bits per heavy atom. The molecule has 93 valence electrons. The van der Waals surface area contributed by atoms with E-state index in [1.165, 1.54) is 44.1 Å². The zero-order valence-electron chi connectivity index (χ0n) is 10.8. The summed E-state index contributed by atoms with van der Waals surface area (Å²) in [5.41, 5.74) is 1.20. The molecule has 1 N–H and O–H groups in total. The second-order valence-corrected chi connectivity index (χ2v) is 5.29. The maximum Gasteiger partial charge on any atom is 0.0350 e. The molecule has 2 rings (SSSR count). The first kappa shape index (κ1) is 12.6. The number of hydrogen-bond donors (Lipinski definition) is 1. The van der Waals surface area contributed by atoms with Crippen LogP contribution >= 0.6 is 0 Å². The summed E-state index contributed by atoms with van der Waals surface area (Å²) in [5.74, 6) is 0.952. The molecular weight excluding hydrogens is 208 g/mol. The van der Waals surface area contributed by atoms with Crippen molar-refractivity contribution in [1.29, 1.82) is 0 Å². The molecule has 0 amide bonds. The molecule has 1 atom stereocenters. The summed E-state index contributed by atoms with van der Waals surface area (Å²) in [6.07, 6.45) is 12.1. The van der Waals surface area contributed by atoms with E-state index in [4.69, 9.17) is 0 Å². The molecule has 1 unspecified atom stereocenters. The highest BCUT2D eigenvalue weighted by atomic mass is 14.9. The average Bonchev–Trinajstić information content (AvgIpc) is 2.39. The summed E-state index contributed by atoms with van der Waals surface area (Å²) in [5, 5.41) is 3.59. The van der Waals surface area contributed by atoms with E-state index >= 15 is 0 Å². The van der Waals surface area contributed by atoms with Crippen LogP contribution in [0.1, 0.15) is 51.0 Å². The van der Waals surface area contributed by atoms with E-state index in [-0.39, 0.29) is 0 Å². The van der Waals surface area contributed by atoms with Crippen molar-refractivity contribution in [1.82, 2.24) is 10.3 Å². The van der Waals surface area contributed by atoms with Crippen molar-refractivity contribution in [2.45, 2.75) is 58.0 Å². The van der Waals surface area contributed by atoms with Crippen LogP contribution in [0.25, 0.3) is 0 Å². The molecule has 1 aromatic heterocycles. The maximum absolute atomic E-state index is 3.98. The molecule has 0 spiro atoms. The van der Waals surface area contributed by atoms with Crippen molar-refractivity contribution in [3.63, 3.8) is 0 Å². The lowest BCUT2D eigenvalue weighted by atomic mass is 9.85. The first-order valence-electron chi connectivity index (χ1n) is 6.88. The van der Waals surface area contributed by atoms with Crippen LogP contribution in [-0.4, -0.2) is 11.0 Å². The van der Waals surface area contributed by atoms with E-state index < -0.39 is 0 Å². The van der Waals surface area contributed by atoms with Gasteiger partial charge in [0.25, 0.3) is 0 Å². The average molecular weight is 231 g/mol. The Kier molecular flexibility index (Phi) is 4.99. The molecule has 1 aliphatic carbocycles. The Hall–Kier alpha value is -0.890. The molecule has 0 bridgehead atoms. The van der Waals surface area contributed by atoms with Crippen molar-refractivity contribution < 1.29 is 0 Å². The molecule has 1 heterocycles. The fourth-order valence-corrected chi connectivity index (χ4v) is 2.74. The minimum Gasteiger partial charge on any atom is -0.310 e. The van der Waals surface area contributed by atoms with Gasteiger partial charge in [0.05, 0.1) is 0 Å². The maximum atomic E-state index is 3.98. The van der Waals surface area contributed by atoms with Gasteiger partial charge in [-0.05, 0) is 30.9 Å². The zero-order chi connectivity index (χ0) is 11.9. The normalized spacial score (nSPS) is 19.1. The molecule has 17 heavy (non-hydrogen) atoms. The van der Waals surface area contributed by atoms with Gasteiger partial charge in [-0.15, -0.1) is 0 Å². The van der Waals surface area contributed by atoms with E-state index in [0.29, 0.717) is 6.04 Å². The van der Waals surface area contributed by atoms with Gasteiger partial charge in [0.2, 0.25) is 0 Å². The molecule has 1 aromatic rings. The van der Waals surface area contributed by atoms with Crippen molar-refractivity contribution >= 4 is 0 Å². The number of rotatable bonds is 5. The number of nitrogens with one attached hydrogen (secondary N) is 1. The van der Waals surface area contributed by atoms with Crippen LogP contribution in [0.4, 0.5) is 0 Å². The third-order valence-corrected chi connectivity index (χ3v) is 3.74. The summed E-state index contributed by atoms with van der Waals surface area (Å²) >= 11 is 0. The van der Waals surface area contributed by atoms with Gasteiger partial charge in [-0.2, -0.15) is 0 Å². The van der Waals surface area contributed by atoms with E-state index in [1.807, 2.05) is 12.3 Å². The SMILES string of the molecule is CC(CC1CCCCC1)NCc1[c]cncc1. The van der Waals surface area contributed by atoms with Gasteiger partial charge in [-0.3, -0.25) is 4.98 Å². The van der Waals surface area contributed by atoms with Gasteiger partial charge >= 0.3 is 0 Å². The fraction of sp³-hybridized carbons (Fsp3) is 0.667. The van der Waals surface area contributed by atoms with Crippen LogP contribution in [0.3, 0.4) is 0 Å². The largest absolute Gasteiger partial charge is 0.310 e. The van der Waals surface area contributed by atoms with Crippen LogP contribution < -0.4 is 5.32 Å². The van der Waals surface area contributed by atoms with Crippen LogP contribution in [0, 0.1) is 12.0 Å². The van der Waals surface area contributed by atoms with Gasteiger partial charge < -0.3 is 5.32 Å². The van der Waals surface area contributed by atoms with Gasteiger partial charge in [-0.1, -0.05) is 32.1 Å². The Balaban J connectivity index is 1.68. The van der Waals surface area contributed by atoms with Crippen molar-refractivity contribution in [2.75, 3.05) is 0 Å². The summed E-state index contributed by atoms with van der Waals surface area (Å²) < 4.78 is 0. The number of aromatic nitrogens is 1. The predicted octanol–water partition coefficient (Wildman–Crippen LogP) is 3.33. The molecule has 0 aromatic carbocycles. The van der Waals surface area contributed by atoms with E-state index in [0.717, 1.165) is 12.5 Å². The molecule has 0 saturated heterocycles. The van der Waals surface area contributed by atoms with Gasteiger partial charge in [0.15, 0.2) is 0 Å². The van der Waals surface area contributed by atoms with Gasteiger partial charge in [-0.25, -0.2) is 0 Å². The highest BCUT2D eigenvalue weighted by Gasteiger charge is 2.15. The molecule has 1 fully saturated rings. The molecule has 1 radical (unpaired) electrons. The second-order valence-electron chi connectivity index (χ2n) is 5.29. The molecule has 2 heteroatoms. The smallest absolute Gasteiger partial charge is 0.0350 e. The summed E-state index contributed by atoms with van der Waals surface area (Å²) in [6.45, 7) is 3.21. The van der Waals surface area contributed by atoms with Crippen LogP contribution in [0.5, 0.6) is 0 Å². The summed E-state index contributed by atoms with van der Waals surface area (Å²) in [6, 6.07) is 5.79. The molecule has 2 nitrogen and oxygen atoms in total. The minimum atomic E-state index is 0.611. The molecular formula is C15H23N2. The quantitative estimate of drug-likeness (QED) is 0.840. The van der Waals surface area contributed by atoms with Gasteiger partial charge in [0, 0.05) is 31.0 Å². The third kappa shape index (κ3) is 4.47. The van der Waals surface area contributed by atoms with Crippen LogP contribution in [0.15, 0.2) is 18.5 Å². The first-order valence-corrected chi connectivity index (χ1v) is 6.88. The Morgan fingerprint density at radius 2 is 2.24 bits per heavy atom. The van der Waals surface area contributed by atoms with E-state index in [1.54, 1.807) is 6.20 Å². The Bertz CT molecular complexity index is 304. The number of nitrogens with zero attached hydrogens (tertiary/aromatic N) is 1. The molecule has 1 saturated carbocycles. The van der Waals surface area contributed by atoms with Crippen molar-refractivity contribution in [3.05, 3.63) is 30.1 Å². The Morgan fingerprint density at radius 1 is 1.41 bits per heavy atom. The minimum absolute atomic E-state index is 0.611. The third-order valence-electron chi connectivity index (χ3n) is 3.74. The molecule has 0 aliphatic heterocycles. The topological polar surface area (TPSA) is 24.9 Å². The van der Waals surface area contributed by atoms with E-state index in [2.05, 4.69) is 23.3 Å². The zero-order valence-corrected chi connectivity index (χ0v) is 10.8. The highest BCUT2D eigenvalue weighted by Crippen LogP contribution is 2.27. The predicted molar refractivity (Wildman–Crippen MR) is 70.6 cm³/mol. The standard InChI is InChI=1S/C15H23N2/c1-13(11-14-5-3-2-4-6-14)17-12-15-7-9-16-10-8-15/h7,9-10,13-14,17H,2-6,11-12H2,1H3. The van der Waals surface area contributed by atoms with Crippen molar-refractivity contribution in [3.8, 4) is 0 Å². The summed E-state index contributed by atoms with van der Waals surface area (Å²) in [4.78, 5) is 3.98. The van der Waals surface area contributed by atoms with Crippen LogP contribution in [0.2, 0.25) is 0 Å². The monoisotopic (exact) mass is 231 g/mol. The lowest BCUT2D eigenvalue weighted by Gasteiger charge is -2.25. The first-order chi connectivity index (χ1) is 8.34. The second kappa shape index (κ2) is 6.75. The van der Waals surface area contributed by atoms with Crippen LogP contribution in [-0.2, 0) is 6.54 Å². The lowest BCUT2D eigenvalue weighted by Crippen LogP contribution is -2.28. The van der Waals surface area contributed by atoms with Crippen molar-refractivity contribution in [2.24, 2.45) is 5.92 Å². The molecule has 1 aliphatic rings. The Labute approximate surface area is 105 Å². The number of hydrogen-bond acceptors (Lipinski definition) is 2. The fourth-order valence-electron chi connectivity index (χ4n) is 2.74.